The highest BCUT2D eigenvalue weighted by molar-refractivity contribution is 7.80. The number of hydrogen-bond acceptors (Lipinski definition) is 5. The van der Waals surface area contributed by atoms with E-state index in [0.29, 0.717) is 23.2 Å². The van der Waals surface area contributed by atoms with E-state index in [1.165, 1.54) is 0 Å². The van der Waals surface area contributed by atoms with Crippen LogP contribution < -0.4 is 25.0 Å². The third-order valence-corrected chi connectivity index (χ3v) is 4.35. The molecule has 0 saturated carbocycles. The molecular weight excluding hydrogens is 398 g/mol. The quantitative estimate of drug-likeness (QED) is 0.315. The summed E-state index contributed by atoms with van der Waals surface area (Å²) in [5.74, 6) is 2.08. The Morgan fingerprint density at radius 1 is 0.933 bits per heavy atom. The first kappa shape index (κ1) is 21.1. The summed E-state index contributed by atoms with van der Waals surface area (Å²) in [5.41, 5.74) is 5.57. The Balaban J connectivity index is 1.54. The lowest BCUT2D eigenvalue weighted by molar-refractivity contribution is 0.284. The van der Waals surface area contributed by atoms with Crippen LogP contribution in [0.2, 0.25) is 0 Å². The van der Waals surface area contributed by atoms with Gasteiger partial charge in [-0.15, -0.1) is 0 Å². The molecule has 0 aliphatic rings. The third kappa shape index (κ3) is 6.22. The number of nitrogens with zero attached hydrogens (tertiary/aromatic N) is 1. The van der Waals surface area contributed by atoms with Gasteiger partial charge in [-0.05, 0) is 65.8 Å². The van der Waals surface area contributed by atoms with Crippen molar-refractivity contribution < 1.29 is 14.2 Å². The van der Waals surface area contributed by atoms with Crippen LogP contribution in [0.5, 0.6) is 17.2 Å². The minimum absolute atomic E-state index is 0.381. The second kappa shape index (κ2) is 10.8. The van der Waals surface area contributed by atoms with E-state index in [2.05, 4.69) is 15.8 Å². The van der Waals surface area contributed by atoms with Gasteiger partial charge >= 0.3 is 0 Å². The second-order valence-corrected chi connectivity index (χ2v) is 6.65. The van der Waals surface area contributed by atoms with E-state index in [1.807, 2.05) is 72.8 Å². The van der Waals surface area contributed by atoms with Crippen LogP contribution in [-0.4, -0.2) is 25.5 Å². The molecule has 0 amide bonds. The highest BCUT2D eigenvalue weighted by atomic mass is 32.1. The third-order valence-electron chi connectivity index (χ3n) is 4.15. The fraction of sp³-hybridized carbons (Fsp3) is 0.130. The molecule has 2 N–H and O–H groups in total. The lowest BCUT2D eigenvalue weighted by atomic mass is 10.2. The Hall–Kier alpha value is -3.58. The first-order valence-electron chi connectivity index (χ1n) is 9.27. The van der Waals surface area contributed by atoms with Crippen LogP contribution >= 0.6 is 12.2 Å². The van der Waals surface area contributed by atoms with E-state index in [0.717, 1.165) is 22.6 Å². The van der Waals surface area contributed by atoms with Crippen LogP contribution in [0.25, 0.3) is 0 Å². The predicted molar refractivity (Wildman–Crippen MR) is 124 cm³/mol. The van der Waals surface area contributed by atoms with Crippen molar-refractivity contribution >= 4 is 29.2 Å². The van der Waals surface area contributed by atoms with Crippen molar-refractivity contribution in [2.45, 2.75) is 6.61 Å². The number of hydrogen-bond donors (Lipinski definition) is 2. The van der Waals surface area contributed by atoms with Crippen molar-refractivity contribution in [3.8, 4) is 17.2 Å². The standard InChI is InChI=1S/C23H23N3O3S/c1-27-20-11-9-19(10-12-20)25-23(30)26-24-15-18-8-13-21(22(14-18)28-2)29-16-17-6-4-3-5-7-17/h3-15H,16H2,1-2H3,(H2,25,26,30)/b24-15+. The van der Waals surface area contributed by atoms with Gasteiger partial charge in [0.15, 0.2) is 16.6 Å². The summed E-state index contributed by atoms with van der Waals surface area (Å²) in [7, 11) is 3.23. The normalized spacial score (nSPS) is 10.5. The molecule has 0 fully saturated rings. The number of methoxy groups -OCH3 is 2. The van der Waals surface area contributed by atoms with Gasteiger partial charge in [-0.25, -0.2) is 0 Å². The summed E-state index contributed by atoms with van der Waals surface area (Å²) in [6.45, 7) is 0.470. The van der Waals surface area contributed by atoms with E-state index >= 15 is 0 Å². The average Bonchev–Trinajstić information content (AvgIpc) is 2.79. The molecule has 0 bridgehead atoms. The lowest BCUT2D eigenvalue weighted by Crippen LogP contribution is -2.23. The lowest BCUT2D eigenvalue weighted by Gasteiger charge is -2.11. The van der Waals surface area contributed by atoms with Crippen LogP contribution in [-0.2, 0) is 6.61 Å². The van der Waals surface area contributed by atoms with Gasteiger partial charge < -0.3 is 19.5 Å². The molecule has 0 heterocycles. The van der Waals surface area contributed by atoms with Crippen molar-refractivity contribution in [1.29, 1.82) is 0 Å². The summed E-state index contributed by atoms with van der Waals surface area (Å²) in [6.07, 6.45) is 1.66. The molecular formula is C23H23N3O3S. The monoisotopic (exact) mass is 421 g/mol. The molecule has 0 atom stereocenters. The number of nitrogens with one attached hydrogen (secondary N) is 2. The fourth-order valence-corrected chi connectivity index (χ4v) is 2.79. The van der Waals surface area contributed by atoms with Crippen molar-refractivity contribution in [2.75, 3.05) is 19.5 Å². The van der Waals surface area contributed by atoms with E-state index in [1.54, 1.807) is 20.4 Å². The fourth-order valence-electron chi connectivity index (χ4n) is 2.62. The highest BCUT2D eigenvalue weighted by Crippen LogP contribution is 2.28. The topological polar surface area (TPSA) is 64.1 Å². The second-order valence-electron chi connectivity index (χ2n) is 6.24. The Bertz CT molecular complexity index is 992. The molecule has 30 heavy (non-hydrogen) atoms. The van der Waals surface area contributed by atoms with Crippen molar-refractivity contribution in [3.63, 3.8) is 0 Å². The molecule has 0 radical (unpaired) electrons. The zero-order valence-electron chi connectivity index (χ0n) is 16.8. The first-order valence-corrected chi connectivity index (χ1v) is 9.67. The summed E-state index contributed by atoms with van der Waals surface area (Å²) >= 11 is 5.25. The van der Waals surface area contributed by atoms with Crippen LogP contribution in [0.15, 0.2) is 77.9 Å². The molecule has 0 aromatic heterocycles. The maximum Gasteiger partial charge on any atom is 0.191 e. The maximum atomic E-state index is 5.87. The Labute approximate surface area is 181 Å². The Morgan fingerprint density at radius 2 is 1.70 bits per heavy atom. The van der Waals surface area contributed by atoms with Crippen molar-refractivity contribution in [3.05, 3.63) is 83.9 Å². The number of ether oxygens (including phenoxy) is 3. The predicted octanol–water partition coefficient (Wildman–Crippen LogP) is 4.60. The van der Waals surface area contributed by atoms with E-state index in [-0.39, 0.29) is 0 Å². The van der Waals surface area contributed by atoms with Gasteiger partial charge in [-0.2, -0.15) is 5.10 Å². The zero-order chi connectivity index (χ0) is 21.2. The molecule has 3 aromatic carbocycles. The van der Waals surface area contributed by atoms with Crippen LogP contribution in [0, 0.1) is 0 Å². The average molecular weight is 422 g/mol. The van der Waals surface area contributed by atoms with Crippen molar-refractivity contribution in [2.24, 2.45) is 5.10 Å². The van der Waals surface area contributed by atoms with Crippen molar-refractivity contribution in [1.82, 2.24) is 5.43 Å². The summed E-state index contributed by atoms with van der Waals surface area (Å²) in [6, 6.07) is 23.0. The number of rotatable bonds is 8. The van der Waals surface area contributed by atoms with Gasteiger partial charge in [0.05, 0.1) is 20.4 Å². The molecule has 7 heteroatoms. The van der Waals surface area contributed by atoms with Gasteiger partial charge in [-0.3, -0.25) is 5.43 Å². The summed E-state index contributed by atoms with van der Waals surface area (Å²) < 4.78 is 16.4. The number of anilines is 1. The Morgan fingerprint density at radius 3 is 2.40 bits per heavy atom. The smallest absolute Gasteiger partial charge is 0.191 e. The molecule has 3 rings (SSSR count). The van der Waals surface area contributed by atoms with Crippen LogP contribution in [0.4, 0.5) is 5.69 Å². The minimum atomic E-state index is 0.381. The maximum absolute atomic E-state index is 5.87. The highest BCUT2D eigenvalue weighted by Gasteiger charge is 2.06. The molecule has 6 nitrogen and oxygen atoms in total. The number of hydrazone groups is 1. The zero-order valence-corrected chi connectivity index (χ0v) is 17.6. The number of benzene rings is 3. The molecule has 0 aliphatic heterocycles. The van der Waals surface area contributed by atoms with Gasteiger partial charge in [0.1, 0.15) is 12.4 Å². The molecule has 154 valence electrons. The first-order chi connectivity index (χ1) is 14.7. The van der Waals surface area contributed by atoms with Gasteiger partial charge in [0, 0.05) is 5.69 Å². The van der Waals surface area contributed by atoms with Gasteiger partial charge in [0.25, 0.3) is 0 Å². The van der Waals surface area contributed by atoms with E-state index < -0.39 is 0 Å². The molecule has 0 spiro atoms. The summed E-state index contributed by atoms with van der Waals surface area (Å²) in [4.78, 5) is 0. The largest absolute Gasteiger partial charge is 0.497 e. The molecule has 0 aliphatic carbocycles. The SMILES string of the molecule is COc1ccc(NC(=S)N/N=C/c2ccc(OCc3ccccc3)c(OC)c2)cc1. The van der Waals surface area contributed by atoms with Crippen LogP contribution in [0.1, 0.15) is 11.1 Å². The van der Waals surface area contributed by atoms with Gasteiger partial charge in [0.2, 0.25) is 0 Å². The molecule has 0 saturated heterocycles. The molecule has 3 aromatic rings. The number of thiocarbonyl (C=S) groups is 1. The summed E-state index contributed by atoms with van der Waals surface area (Å²) in [5, 5.41) is 7.60. The van der Waals surface area contributed by atoms with E-state index in [9.17, 15) is 0 Å². The van der Waals surface area contributed by atoms with Crippen LogP contribution in [0.3, 0.4) is 0 Å². The minimum Gasteiger partial charge on any atom is -0.497 e. The van der Waals surface area contributed by atoms with E-state index in [4.69, 9.17) is 26.4 Å². The molecule has 0 unspecified atom stereocenters. The van der Waals surface area contributed by atoms with Gasteiger partial charge in [-0.1, -0.05) is 30.3 Å². The Kier molecular flexibility index (Phi) is 7.63.